The summed E-state index contributed by atoms with van der Waals surface area (Å²) in [5, 5.41) is 3.40. The molecular formula is C24H23ClN2O2. The summed E-state index contributed by atoms with van der Waals surface area (Å²) in [4.78, 5) is 14.8. The van der Waals surface area contributed by atoms with Gasteiger partial charge in [-0.1, -0.05) is 60.1 Å². The van der Waals surface area contributed by atoms with Crippen LogP contribution in [0.3, 0.4) is 0 Å². The summed E-state index contributed by atoms with van der Waals surface area (Å²) in [7, 11) is 0. The predicted octanol–water partition coefficient (Wildman–Crippen LogP) is 6.29. The van der Waals surface area contributed by atoms with Gasteiger partial charge in [-0.3, -0.25) is 4.90 Å². The number of carbonyl (C=O) groups excluding carboxylic acids is 1. The molecule has 1 aliphatic heterocycles. The molecule has 0 unspecified atom stereocenters. The standard InChI is InChI=1S/C24H23ClN2O2/c25-21-16-20(29-17-18-8-2-1-3-9-18)13-14-22(21)26-24(28)27-15-7-6-11-19-10-4-5-12-23(19)27/h1-5,8-10,12-14,16H,6-7,11,15,17H2,(H,26,28). The van der Waals surface area contributed by atoms with E-state index >= 15 is 0 Å². The molecule has 0 saturated heterocycles. The first-order valence-electron chi connectivity index (χ1n) is 9.83. The van der Waals surface area contributed by atoms with Gasteiger partial charge in [0, 0.05) is 18.3 Å². The monoisotopic (exact) mass is 406 g/mol. The maximum absolute atomic E-state index is 13.0. The van der Waals surface area contributed by atoms with Crippen LogP contribution < -0.4 is 15.0 Å². The van der Waals surface area contributed by atoms with E-state index in [0.717, 1.165) is 30.5 Å². The first-order valence-corrected chi connectivity index (χ1v) is 10.2. The largest absolute Gasteiger partial charge is 0.489 e. The van der Waals surface area contributed by atoms with E-state index in [-0.39, 0.29) is 6.03 Å². The van der Waals surface area contributed by atoms with Gasteiger partial charge in [0.15, 0.2) is 0 Å². The maximum atomic E-state index is 13.0. The molecule has 2 amide bonds. The van der Waals surface area contributed by atoms with Crippen LogP contribution in [0.1, 0.15) is 24.0 Å². The van der Waals surface area contributed by atoms with Gasteiger partial charge in [-0.15, -0.1) is 0 Å². The highest BCUT2D eigenvalue weighted by molar-refractivity contribution is 6.34. The molecule has 3 aromatic carbocycles. The van der Waals surface area contributed by atoms with Gasteiger partial charge in [0.25, 0.3) is 0 Å². The summed E-state index contributed by atoms with van der Waals surface area (Å²) in [5.41, 5.74) is 3.84. The highest BCUT2D eigenvalue weighted by Gasteiger charge is 2.21. The van der Waals surface area contributed by atoms with Crippen LogP contribution in [0.2, 0.25) is 5.02 Å². The fourth-order valence-corrected chi connectivity index (χ4v) is 3.73. The molecule has 0 bridgehead atoms. The lowest BCUT2D eigenvalue weighted by Crippen LogP contribution is -2.35. The number of benzene rings is 3. The molecule has 3 aromatic rings. The quantitative estimate of drug-likeness (QED) is 0.552. The molecule has 4 rings (SSSR count). The summed E-state index contributed by atoms with van der Waals surface area (Å²) >= 11 is 6.41. The average Bonchev–Trinajstić information content (AvgIpc) is 2.97. The lowest BCUT2D eigenvalue weighted by Gasteiger charge is -2.23. The number of anilines is 2. The van der Waals surface area contributed by atoms with Gasteiger partial charge in [-0.05, 0) is 48.6 Å². The molecule has 0 saturated carbocycles. The van der Waals surface area contributed by atoms with E-state index in [1.807, 2.05) is 54.6 Å². The number of hydrogen-bond donors (Lipinski definition) is 1. The van der Waals surface area contributed by atoms with Gasteiger partial charge in [0.05, 0.1) is 10.7 Å². The normalized spacial score (nSPS) is 13.3. The number of hydrogen-bond acceptors (Lipinski definition) is 2. The summed E-state index contributed by atoms with van der Waals surface area (Å²) < 4.78 is 5.80. The second-order valence-corrected chi connectivity index (χ2v) is 7.49. The molecular weight excluding hydrogens is 384 g/mol. The van der Waals surface area contributed by atoms with Crippen molar-refractivity contribution < 1.29 is 9.53 Å². The van der Waals surface area contributed by atoms with Crippen molar-refractivity contribution in [1.82, 2.24) is 0 Å². The third kappa shape index (κ3) is 4.72. The van der Waals surface area contributed by atoms with Crippen molar-refractivity contribution in [3.63, 3.8) is 0 Å². The summed E-state index contributed by atoms with van der Waals surface area (Å²) in [6.07, 6.45) is 3.05. The van der Waals surface area contributed by atoms with Crippen LogP contribution in [0.15, 0.2) is 72.8 Å². The van der Waals surface area contributed by atoms with Crippen molar-refractivity contribution in [2.24, 2.45) is 0 Å². The number of nitrogens with zero attached hydrogens (tertiary/aromatic N) is 1. The molecule has 1 aliphatic rings. The number of rotatable bonds is 4. The zero-order valence-corrected chi connectivity index (χ0v) is 16.9. The number of fused-ring (bicyclic) bond motifs is 1. The minimum Gasteiger partial charge on any atom is -0.489 e. The smallest absolute Gasteiger partial charge is 0.326 e. The number of urea groups is 1. The first kappa shape index (κ1) is 19.3. The third-order valence-corrected chi connectivity index (χ3v) is 5.35. The topological polar surface area (TPSA) is 41.6 Å². The van der Waals surface area contributed by atoms with Crippen molar-refractivity contribution in [2.45, 2.75) is 25.9 Å². The van der Waals surface area contributed by atoms with Crippen LogP contribution in [-0.2, 0) is 13.0 Å². The maximum Gasteiger partial charge on any atom is 0.326 e. The summed E-state index contributed by atoms with van der Waals surface area (Å²) in [5.74, 6) is 0.664. The van der Waals surface area contributed by atoms with E-state index in [2.05, 4.69) is 11.4 Å². The molecule has 4 nitrogen and oxygen atoms in total. The fourth-order valence-electron chi connectivity index (χ4n) is 3.51. The van der Waals surface area contributed by atoms with Gasteiger partial charge in [0.2, 0.25) is 0 Å². The van der Waals surface area contributed by atoms with Crippen LogP contribution in [0.25, 0.3) is 0 Å². The van der Waals surface area contributed by atoms with Crippen molar-refractivity contribution >= 4 is 29.0 Å². The van der Waals surface area contributed by atoms with Crippen LogP contribution in [0, 0.1) is 0 Å². The molecule has 0 spiro atoms. The van der Waals surface area contributed by atoms with Gasteiger partial charge in [-0.2, -0.15) is 0 Å². The molecule has 5 heteroatoms. The Morgan fingerprint density at radius 3 is 2.62 bits per heavy atom. The van der Waals surface area contributed by atoms with Gasteiger partial charge in [0.1, 0.15) is 12.4 Å². The van der Waals surface area contributed by atoms with Gasteiger partial charge in [-0.25, -0.2) is 4.79 Å². The Balaban J connectivity index is 1.45. The highest BCUT2D eigenvalue weighted by atomic mass is 35.5. The fraction of sp³-hybridized carbons (Fsp3) is 0.208. The number of ether oxygens (including phenoxy) is 1. The lowest BCUT2D eigenvalue weighted by atomic mass is 10.1. The number of halogens is 1. The minimum atomic E-state index is -0.167. The Hall–Kier alpha value is -2.98. The Bertz CT molecular complexity index is 991. The first-order chi connectivity index (χ1) is 14.2. The van der Waals surface area contributed by atoms with E-state index < -0.39 is 0 Å². The molecule has 148 valence electrons. The van der Waals surface area contributed by atoms with Crippen LogP contribution in [-0.4, -0.2) is 12.6 Å². The zero-order chi connectivity index (χ0) is 20.1. The average molecular weight is 407 g/mol. The lowest BCUT2D eigenvalue weighted by molar-refractivity contribution is 0.257. The number of para-hydroxylation sites is 1. The van der Waals surface area contributed by atoms with Gasteiger partial charge >= 0.3 is 6.03 Å². The molecule has 0 fully saturated rings. The molecule has 0 atom stereocenters. The van der Waals surface area contributed by atoms with Crippen molar-refractivity contribution in [2.75, 3.05) is 16.8 Å². The minimum absolute atomic E-state index is 0.167. The Morgan fingerprint density at radius 2 is 1.79 bits per heavy atom. The molecule has 0 aliphatic carbocycles. The Morgan fingerprint density at radius 1 is 1.00 bits per heavy atom. The molecule has 1 heterocycles. The van der Waals surface area contributed by atoms with E-state index in [1.54, 1.807) is 17.0 Å². The van der Waals surface area contributed by atoms with Crippen molar-refractivity contribution in [1.29, 1.82) is 0 Å². The third-order valence-electron chi connectivity index (χ3n) is 5.04. The zero-order valence-electron chi connectivity index (χ0n) is 16.1. The number of carbonyl (C=O) groups is 1. The van der Waals surface area contributed by atoms with Crippen molar-refractivity contribution in [3.05, 3.63) is 88.9 Å². The highest BCUT2D eigenvalue weighted by Crippen LogP contribution is 2.30. The number of nitrogens with one attached hydrogen (secondary N) is 1. The number of amides is 2. The second kappa shape index (κ2) is 9.01. The van der Waals surface area contributed by atoms with E-state index in [9.17, 15) is 4.79 Å². The number of aryl methyl sites for hydroxylation is 1. The molecule has 0 radical (unpaired) electrons. The van der Waals surface area contributed by atoms with E-state index in [0.29, 0.717) is 29.6 Å². The van der Waals surface area contributed by atoms with Crippen LogP contribution in [0.5, 0.6) is 5.75 Å². The van der Waals surface area contributed by atoms with E-state index in [4.69, 9.17) is 16.3 Å². The van der Waals surface area contributed by atoms with Gasteiger partial charge < -0.3 is 10.1 Å². The Kier molecular flexibility index (Phi) is 6.01. The van der Waals surface area contributed by atoms with E-state index in [1.165, 1.54) is 5.56 Å². The molecule has 1 N–H and O–H groups in total. The van der Waals surface area contributed by atoms with Crippen LogP contribution >= 0.6 is 11.6 Å². The molecule has 29 heavy (non-hydrogen) atoms. The summed E-state index contributed by atoms with van der Waals surface area (Å²) in [6, 6.07) is 23.2. The predicted molar refractivity (Wildman–Crippen MR) is 118 cm³/mol. The van der Waals surface area contributed by atoms with Crippen molar-refractivity contribution in [3.8, 4) is 5.75 Å². The SMILES string of the molecule is O=C(Nc1ccc(OCc2ccccc2)cc1Cl)N1CCCCc2ccccc21. The Labute approximate surface area is 176 Å². The second-order valence-electron chi connectivity index (χ2n) is 7.08. The molecule has 0 aromatic heterocycles. The summed E-state index contributed by atoms with van der Waals surface area (Å²) in [6.45, 7) is 1.16. The van der Waals surface area contributed by atoms with Crippen LogP contribution in [0.4, 0.5) is 16.2 Å².